The van der Waals surface area contributed by atoms with Gasteiger partial charge in [0.25, 0.3) is 5.91 Å². The van der Waals surface area contributed by atoms with Crippen molar-refractivity contribution < 1.29 is 14.3 Å². The molecule has 0 bridgehead atoms. The van der Waals surface area contributed by atoms with Gasteiger partial charge in [0.1, 0.15) is 6.33 Å². The summed E-state index contributed by atoms with van der Waals surface area (Å²) in [5.41, 5.74) is 1.69. The van der Waals surface area contributed by atoms with Gasteiger partial charge in [-0.05, 0) is 29.6 Å². The number of hydrogen-bond donors (Lipinski definition) is 3. The van der Waals surface area contributed by atoms with Crippen LogP contribution in [0.1, 0.15) is 16.9 Å². The molecule has 172 valence electrons. The molecule has 0 spiro atoms. The molecular formula is C21H24N8O3S. The Bertz CT molecular complexity index is 1180. The van der Waals surface area contributed by atoms with Crippen LogP contribution in [-0.2, 0) is 11.8 Å². The van der Waals surface area contributed by atoms with Gasteiger partial charge in [-0.1, -0.05) is 6.07 Å². The lowest BCUT2D eigenvalue weighted by molar-refractivity contribution is -0.116. The minimum absolute atomic E-state index is 0.0781. The van der Waals surface area contributed by atoms with Gasteiger partial charge in [0.2, 0.25) is 5.91 Å². The summed E-state index contributed by atoms with van der Waals surface area (Å²) in [6.45, 7) is 0. The highest BCUT2D eigenvalue weighted by Crippen LogP contribution is 2.37. The van der Waals surface area contributed by atoms with Gasteiger partial charge in [0, 0.05) is 26.6 Å². The van der Waals surface area contributed by atoms with Crippen LogP contribution in [-0.4, -0.2) is 62.4 Å². The molecule has 33 heavy (non-hydrogen) atoms. The van der Waals surface area contributed by atoms with Gasteiger partial charge in [-0.25, -0.2) is 4.98 Å². The summed E-state index contributed by atoms with van der Waals surface area (Å²) in [7, 11) is 4.83. The minimum atomic E-state index is -0.420. The quantitative estimate of drug-likeness (QED) is 0.454. The Morgan fingerprint density at radius 3 is 2.70 bits per heavy atom. The van der Waals surface area contributed by atoms with E-state index in [0.717, 1.165) is 11.5 Å². The molecule has 4 rings (SSSR count). The Labute approximate surface area is 194 Å². The highest BCUT2D eigenvalue weighted by atomic mass is 32.2. The predicted octanol–water partition coefficient (Wildman–Crippen LogP) is 2.08. The lowest BCUT2D eigenvalue weighted by Crippen LogP contribution is -2.26. The molecule has 1 fully saturated rings. The number of aromatic nitrogens is 5. The molecule has 3 N–H and O–H groups in total. The van der Waals surface area contributed by atoms with E-state index in [9.17, 15) is 9.59 Å². The first-order chi connectivity index (χ1) is 16.0. The molecular weight excluding hydrogens is 444 g/mol. The molecule has 1 aliphatic heterocycles. The number of aryl methyl sites for hydroxylation is 1. The normalized spacial score (nSPS) is 13.2. The van der Waals surface area contributed by atoms with Gasteiger partial charge >= 0.3 is 0 Å². The maximum absolute atomic E-state index is 12.4. The molecule has 2 aromatic heterocycles. The summed E-state index contributed by atoms with van der Waals surface area (Å²) in [5, 5.41) is 20.9. The highest BCUT2D eigenvalue weighted by molar-refractivity contribution is 8.00. The van der Waals surface area contributed by atoms with Crippen molar-refractivity contribution in [3.05, 3.63) is 36.3 Å². The van der Waals surface area contributed by atoms with E-state index in [2.05, 4.69) is 36.2 Å². The summed E-state index contributed by atoms with van der Waals surface area (Å²) in [5.74, 6) is 3.06. The number of benzene rings is 1. The number of para-hydroxylation sites is 1. The van der Waals surface area contributed by atoms with Gasteiger partial charge in [-0.15, -0.1) is 10.2 Å². The van der Waals surface area contributed by atoms with Crippen LogP contribution in [0.5, 0.6) is 5.75 Å². The van der Waals surface area contributed by atoms with Crippen molar-refractivity contribution in [2.24, 2.45) is 13.0 Å². The molecule has 12 heteroatoms. The van der Waals surface area contributed by atoms with E-state index in [-0.39, 0.29) is 17.4 Å². The minimum Gasteiger partial charge on any atom is -0.494 e. The highest BCUT2D eigenvalue weighted by Gasteiger charge is 2.23. The van der Waals surface area contributed by atoms with Crippen molar-refractivity contribution in [3.8, 4) is 17.1 Å². The largest absolute Gasteiger partial charge is 0.494 e. The number of ether oxygens (including phenoxy) is 1. The second-order valence-corrected chi connectivity index (χ2v) is 8.55. The molecule has 0 saturated carbocycles. The van der Waals surface area contributed by atoms with Crippen LogP contribution >= 0.6 is 11.8 Å². The van der Waals surface area contributed by atoms with Gasteiger partial charge in [0.15, 0.2) is 23.1 Å². The summed E-state index contributed by atoms with van der Waals surface area (Å²) < 4.78 is 7.24. The third-order valence-electron chi connectivity index (χ3n) is 5.01. The Balaban J connectivity index is 1.65. The van der Waals surface area contributed by atoms with E-state index >= 15 is 0 Å². The third-order valence-corrected chi connectivity index (χ3v) is 6.43. The zero-order valence-corrected chi connectivity index (χ0v) is 19.3. The smallest absolute Gasteiger partial charge is 0.273 e. The maximum Gasteiger partial charge on any atom is 0.273 e. The van der Waals surface area contributed by atoms with Crippen molar-refractivity contribution in [1.29, 1.82) is 0 Å². The molecule has 1 saturated heterocycles. The average Bonchev–Trinajstić information content (AvgIpc) is 3.22. The van der Waals surface area contributed by atoms with E-state index < -0.39 is 5.91 Å². The molecule has 0 aliphatic carbocycles. The molecule has 11 nitrogen and oxygen atoms in total. The van der Waals surface area contributed by atoms with Gasteiger partial charge in [0.05, 0.1) is 24.0 Å². The molecule has 0 radical (unpaired) electrons. The summed E-state index contributed by atoms with van der Waals surface area (Å²) in [6, 6.07) is 7.04. The number of amides is 2. The SMILES string of the molecule is CNC(=O)c1nnc(NC(=O)CC2CSC2)cc1Nc1cccc(-c2ncn(C)n2)c1OC. The summed E-state index contributed by atoms with van der Waals surface area (Å²) in [6.07, 6.45) is 2.03. The standard InChI is InChI=1S/C21H24N8O3S/c1-22-21(31)18-15(8-16(26-27-18)25-17(30)7-12-9-33-10-12)24-14-6-4-5-13(19(14)32-3)20-23-11-29(2)28-20/h4-6,8,11-12H,7,9-10H2,1-3H3,(H,22,31)(H2,24,25,26,30). The van der Waals surface area contributed by atoms with Crippen molar-refractivity contribution in [1.82, 2.24) is 30.3 Å². The lowest BCUT2D eigenvalue weighted by Gasteiger charge is -2.23. The van der Waals surface area contributed by atoms with E-state index in [4.69, 9.17) is 4.74 Å². The Kier molecular flexibility index (Phi) is 6.73. The van der Waals surface area contributed by atoms with Crippen LogP contribution in [0.2, 0.25) is 0 Å². The molecule has 3 heterocycles. The topological polar surface area (TPSA) is 136 Å². The van der Waals surface area contributed by atoms with Crippen LogP contribution in [0.3, 0.4) is 0 Å². The number of nitrogens with one attached hydrogen (secondary N) is 3. The zero-order valence-electron chi connectivity index (χ0n) is 18.5. The molecule has 3 aromatic rings. The number of thioether (sulfide) groups is 1. The zero-order chi connectivity index (χ0) is 23.4. The second kappa shape index (κ2) is 9.86. The fourth-order valence-electron chi connectivity index (χ4n) is 3.33. The van der Waals surface area contributed by atoms with Crippen LogP contribution in [0.25, 0.3) is 11.4 Å². The Hall–Kier alpha value is -3.67. The van der Waals surface area contributed by atoms with Gasteiger partial charge in [-0.2, -0.15) is 16.9 Å². The number of nitrogens with zero attached hydrogens (tertiary/aromatic N) is 5. The van der Waals surface area contributed by atoms with Crippen LogP contribution in [0.15, 0.2) is 30.6 Å². The fraction of sp³-hybridized carbons (Fsp3) is 0.333. The van der Waals surface area contributed by atoms with Crippen molar-refractivity contribution in [3.63, 3.8) is 0 Å². The van der Waals surface area contributed by atoms with Crippen LogP contribution < -0.4 is 20.7 Å². The number of rotatable bonds is 8. The van der Waals surface area contributed by atoms with Crippen LogP contribution in [0, 0.1) is 5.92 Å². The molecule has 1 aromatic carbocycles. The molecule has 2 amide bonds. The first kappa shape index (κ1) is 22.5. The fourth-order valence-corrected chi connectivity index (χ4v) is 4.14. The Morgan fingerprint density at radius 1 is 1.24 bits per heavy atom. The Morgan fingerprint density at radius 2 is 2.06 bits per heavy atom. The first-order valence-corrected chi connectivity index (χ1v) is 11.4. The lowest BCUT2D eigenvalue weighted by atomic mass is 10.1. The van der Waals surface area contributed by atoms with E-state index in [1.165, 1.54) is 7.05 Å². The summed E-state index contributed by atoms with van der Waals surface area (Å²) in [4.78, 5) is 29.0. The molecule has 0 unspecified atom stereocenters. The number of anilines is 3. The average molecular weight is 469 g/mol. The van der Waals surface area contributed by atoms with Crippen molar-refractivity contribution in [2.45, 2.75) is 6.42 Å². The maximum atomic E-state index is 12.4. The van der Waals surface area contributed by atoms with E-state index in [1.807, 2.05) is 23.9 Å². The monoisotopic (exact) mass is 468 g/mol. The van der Waals surface area contributed by atoms with Crippen molar-refractivity contribution in [2.75, 3.05) is 36.3 Å². The number of carbonyl (C=O) groups is 2. The van der Waals surface area contributed by atoms with Gasteiger partial charge in [-0.3, -0.25) is 14.3 Å². The number of methoxy groups -OCH3 is 1. The number of carbonyl (C=O) groups excluding carboxylic acids is 2. The van der Waals surface area contributed by atoms with Crippen molar-refractivity contribution >= 4 is 40.8 Å². The first-order valence-electron chi connectivity index (χ1n) is 10.3. The van der Waals surface area contributed by atoms with Gasteiger partial charge < -0.3 is 20.7 Å². The van der Waals surface area contributed by atoms with Crippen LogP contribution in [0.4, 0.5) is 17.2 Å². The number of hydrogen-bond acceptors (Lipinski definition) is 9. The second-order valence-electron chi connectivity index (χ2n) is 7.48. The summed E-state index contributed by atoms with van der Waals surface area (Å²) >= 11 is 1.82. The third kappa shape index (κ3) is 5.06. The van der Waals surface area contributed by atoms with E-state index in [0.29, 0.717) is 40.9 Å². The molecule has 0 atom stereocenters. The predicted molar refractivity (Wildman–Crippen MR) is 126 cm³/mol. The van der Waals surface area contributed by atoms with E-state index in [1.54, 1.807) is 37.3 Å². The molecule has 1 aliphatic rings.